The molecule has 0 aromatic carbocycles. The van der Waals surface area contributed by atoms with E-state index < -0.39 is 0 Å². The van der Waals surface area contributed by atoms with Crippen molar-refractivity contribution in [3.63, 3.8) is 0 Å². The van der Waals surface area contributed by atoms with Gasteiger partial charge in [0.1, 0.15) is 10.2 Å². The van der Waals surface area contributed by atoms with Gasteiger partial charge >= 0.3 is 5.95 Å². The molecular weight excluding hydrogens is 208 g/mol. The maximum Gasteiger partial charge on any atom is 0.323 e. The quantitative estimate of drug-likeness (QED) is 0.512. The zero-order valence-corrected chi connectivity index (χ0v) is 10.3. The summed E-state index contributed by atoms with van der Waals surface area (Å²) in [7, 11) is 3.22. The minimum atomic E-state index is 0.148. The van der Waals surface area contributed by atoms with E-state index in [4.69, 9.17) is 14.2 Å². The van der Waals surface area contributed by atoms with Crippen molar-refractivity contribution in [2.75, 3.05) is 0 Å². The van der Waals surface area contributed by atoms with Crippen molar-refractivity contribution < 1.29 is 14.2 Å². The van der Waals surface area contributed by atoms with E-state index in [1.54, 1.807) is 20.8 Å². The highest BCUT2D eigenvalue weighted by atomic mass is 28.1. The van der Waals surface area contributed by atoms with Gasteiger partial charge in [0.15, 0.2) is 5.38 Å². The van der Waals surface area contributed by atoms with Crippen molar-refractivity contribution in [3.8, 4) is 0 Å². The van der Waals surface area contributed by atoms with E-state index in [1.165, 1.54) is 0 Å². The van der Waals surface area contributed by atoms with Crippen molar-refractivity contribution >= 4 is 10.2 Å². The van der Waals surface area contributed by atoms with Gasteiger partial charge in [0.2, 0.25) is 0 Å². The van der Waals surface area contributed by atoms with Crippen LogP contribution in [0.2, 0.25) is 0 Å². The van der Waals surface area contributed by atoms with E-state index in [2.05, 4.69) is 30.0 Å². The van der Waals surface area contributed by atoms with Crippen LogP contribution in [0.25, 0.3) is 0 Å². The Hall–Kier alpha value is -1.42. The zero-order chi connectivity index (χ0) is 12.0. The van der Waals surface area contributed by atoms with E-state index in [-0.39, 0.29) is 11.3 Å². The molecule has 0 saturated heterocycles. The molecule has 0 heterocycles. The van der Waals surface area contributed by atoms with Gasteiger partial charge in [0.05, 0.1) is 17.3 Å². The summed E-state index contributed by atoms with van der Waals surface area (Å²) in [5, 5.41) is 0.286. The lowest BCUT2D eigenvalue weighted by Crippen LogP contribution is -2.02. The van der Waals surface area contributed by atoms with Crippen molar-refractivity contribution in [2.45, 2.75) is 20.8 Å². The average Bonchev–Trinajstić information content (AvgIpc) is 1.99. The molecule has 0 saturated carbocycles. The molecule has 0 aromatic rings. The van der Waals surface area contributed by atoms with Gasteiger partial charge in [-0.05, 0) is 20.8 Å². The molecule has 0 rings (SSSR count). The van der Waals surface area contributed by atoms with Crippen molar-refractivity contribution in [2.24, 2.45) is 0 Å². The number of ether oxygens (including phenoxy) is 3. The fourth-order valence-corrected chi connectivity index (χ4v) is 0.922. The third-order valence-electron chi connectivity index (χ3n) is 0.996. The Morgan fingerprint density at radius 1 is 0.800 bits per heavy atom. The Bertz CT molecular complexity index is 298. The molecule has 4 heteroatoms. The smallest absolute Gasteiger partial charge is 0.323 e. The van der Waals surface area contributed by atoms with Crippen LogP contribution in [-0.4, -0.2) is 10.2 Å². The molecule has 81 valence electrons. The summed E-state index contributed by atoms with van der Waals surface area (Å²) >= 11 is 0. The number of allylic oxidation sites excluding steroid dienone is 3. The van der Waals surface area contributed by atoms with Gasteiger partial charge in [0.25, 0.3) is 0 Å². The minimum Gasteiger partial charge on any atom is -0.466 e. The molecule has 0 bridgehead atoms. The van der Waals surface area contributed by atoms with E-state index >= 15 is 0 Å². The topological polar surface area (TPSA) is 27.7 Å². The summed E-state index contributed by atoms with van der Waals surface area (Å²) in [6.07, 6.45) is 0. The summed E-state index contributed by atoms with van der Waals surface area (Å²) in [6, 6.07) is 0. The first-order chi connectivity index (χ1) is 6.82. The molecule has 0 N–H and O–H groups in total. The lowest BCUT2D eigenvalue weighted by Gasteiger charge is -2.14. The highest BCUT2D eigenvalue weighted by Gasteiger charge is 2.09. The van der Waals surface area contributed by atoms with E-state index in [0.717, 1.165) is 0 Å². The second-order valence-electron chi connectivity index (χ2n) is 3.03. The summed E-state index contributed by atoms with van der Waals surface area (Å²) in [5.74, 6) is 1.61. The summed E-state index contributed by atoms with van der Waals surface area (Å²) in [4.78, 5) is 0. The van der Waals surface area contributed by atoms with Crippen LogP contribution in [0.5, 0.6) is 0 Å². The van der Waals surface area contributed by atoms with Gasteiger partial charge < -0.3 is 14.2 Å². The Morgan fingerprint density at radius 3 is 1.40 bits per heavy atom. The molecule has 0 unspecified atom stereocenters. The van der Waals surface area contributed by atoms with Crippen LogP contribution in [0, 0.1) is 0 Å². The monoisotopic (exact) mass is 223 g/mol. The van der Waals surface area contributed by atoms with Crippen molar-refractivity contribution in [3.05, 3.63) is 48.3 Å². The molecule has 0 fully saturated rings. The first-order valence-corrected chi connectivity index (χ1v) is 4.79. The number of hydrogen-bond donors (Lipinski definition) is 0. The zero-order valence-electron chi connectivity index (χ0n) is 9.35. The predicted octanol–water partition coefficient (Wildman–Crippen LogP) is 2.93. The normalized spacial score (nSPS) is 8.80. The molecule has 0 aromatic heterocycles. The van der Waals surface area contributed by atoms with Crippen LogP contribution in [0.3, 0.4) is 0 Å². The molecule has 3 nitrogen and oxygen atoms in total. The maximum absolute atomic E-state index is 5.21. The Balaban J connectivity index is 4.78. The third-order valence-corrected chi connectivity index (χ3v) is 1.30. The molecule has 0 aliphatic carbocycles. The predicted molar refractivity (Wildman–Crippen MR) is 60.5 cm³/mol. The Kier molecular flexibility index (Phi) is 5.55. The van der Waals surface area contributed by atoms with E-state index in [1.807, 2.05) is 0 Å². The summed E-state index contributed by atoms with van der Waals surface area (Å²) in [6.45, 7) is 15.9. The fraction of sp³-hybridized carbons (Fsp3) is 0.273. The Morgan fingerprint density at radius 2 is 1.13 bits per heavy atom. The average molecular weight is 223 g/mol. The molecular formula is C11H15O3Si. The van der Waals surface area contributed by atoms with Crippen LogP contribution in [0.15, 0.2) is 48.3 Å². The summed E-state index contributed by atoms with van der Waals surface area (Å²) < 4.78 is 15.6. The molecule has 0 aliphatic heterocycles. The van der Waals surface area contributed by atoms with Gasteiger partial charge in [-0.3, -0.25) is 0 Å². The van der Waals surface area contributed by atoms with E-state index in [0.29, 0.717) is 17.3 Å². The van der Waals surface area contributed by atoms with Crippen LogP contribution in [0.1, 0.15) is 20.8 Å². The lowest BCUT2D eigenvalue weighted by molar-refractivity contribution is 0.0953. The fourth-order valence-electron chi connectivity index (χ4n) is 0.646. The third kappa shape index (κ3) is 6.62. The summed E-state index contributed by atoms with van der Waals surface area (Å²) in [5.41, 5.74) is 0. The highest BCUT2D eigenvalue weighted by molar-refractivity contribution is 6.20. The van der Waals surface area contributed by atoms with Crippen LogP contribution >= 0.6 is 0 Å². The highest BCUT2D eigenvalue weighted by Crippen LogP contribution is 2.15. The first-order valence-electron chi connectivity index (χ1n) is 4.29. The molecule has 0 atom stereocenters. The van der Waals surface area contributed by atoms with Gasteiger partial charge in [-0.25, -0.2) is 0 Å². The first kappa shape index (κ1) is 13.6. The maximum atomic E-state index is 5.21. The van der Waals surface area contributed by atoms with Crippen molar-refractivity contribution in [1.82, 2.24) is 0 Å². The molecule has 15 heavy (non-hydrogen) atoms. The lowest BCUT2D eigenvalue weighted by atomic mass is 10.6. The van der Waals surface area contributed by atoms with Gasteiger partial charge in [-0.15, -0.1) is 0 Å². The number of hydrogen-bond acceptors (Lipinski definition) is 3. The molecule has 0 spiro atoms. The largest absolute Gasteiger partial charge is 0.466 e. The van der Waals surface area contributed by atoms with Gasteiger partial charge in [0, 0.05) is 0 Å². The van der Waals surface area contributed by atoms with E-state index in [9.17, 15) is 0 Å². The SMILES string of the molecule is C=C(C)OC([Si])=C(OC(=C)C)OC(=C)C. The number of rotatable bonds is 6. The van der Waals surface area contributed by atoms with Crippen LogP contribution in [-0.2, 0) is 14.2 Å². The minimum absolute atomic E-state index is 0.148. The Labute approximate surface area is 94.1 Å². The van der Waals surface area contributed by atoms with Gasteiger partial charge in [-0.1, -0.05) is 19.7 Å². The van der Waals surface area contributed by atoms with Crippen LogP contribution in [0.4, 0.5) is 0 Å². The van der Waals surface area contributed by atoms with Crippen LogP contribution < -0.4 is 0 Å². The molecule has 0 amide bonds. The van der Waals surface area contributed by atoms with Crippen molar-refractivity contribution in [1.29, 1.82) is 0 Å². The second-order valence-corrected chi connectivity index (χ2v) is 3.48. The second kappa shape index (κ2) is 6.13. The van der Waals surface area contributed by atoms with Gasteiger partial charge in [-0.2, -0.15) is 0 Å². The standard InChI is InChI=1S/C11H15O3Si/c1-7(2)12-10(13-8(3)4)11(15)14-9(5)6/h1,3,5H2,2,4,6H3. The molecule has 3 radical (unpaired) electrons. The molecule has 0 aliphatic rings.